The van der Waals surface area contributed by atoms with Gasteiger partial charge in [-0.15, -0.1) is 0 Å². The van der Waals surface area contributed by atoms with Crippen LogP contribution in [0.3, 0.4) is 0 Å². The molecule has 1 heterocycles. The monoisotopic (exact) mass is 207 g/mol. The summed E-state index contributed by atoms with van der Waals surface area (Å²) < 4.78 is 36.8. The van der Waals surface area contributed by atoms with Crippen LogP contribution in [-0.2, 0) is 11.8 Å². The quantitative estimate of drug-likeness (QED) is 0.752. The molecule has 1 N–H and O–H groups in total. The number of nitrogens with zero attached hydrogens (tertiary/aromatic N) is 2. The summed E-state index contributed by atoms with van der Waals surface area (Å²) in [7, 11) is 1.57. The molecule has 78 valence electrons. The highest BCUT2D eigenvalue weighted by Gasteiger charge is 2.39. The van der Waals surface area contributed by atoms with Gasteiger partial charge in [0.2, 0.25) is 0 Å². The van der Waals surface area contributed by atoms with E-state index in [2.05, 4.69) is 5.10 Å². The van der Waals surface area contributed by atoms with E-state index in [0.29, 0.717) is 5.69 Å². The topological polar surface area (TPSA) is 46.9 Å². The summed E-state index contributed by atoms with van der Waals surface area (Å²) in [6, 6.07) is 1.35. The van der Waals surface area contributed by atoms with Gasteiger partial charge in [-0.05, 0) is 6.92 Å². The van der Waals surface area contributed by atoms with E-state index in [1.807, 2.05) is 0 Å². The zero-order valence-corrected chi connectivity index (χ0v) is 7.51. The third kappa shape index (κ3) is 2.24. The highest BCUT2D eigenvalue weighted by atomic mass is 19.4. The average molecular weight is 207 g/mol. The molecule has 0 aromatic carbocycles. The molecule has 0 aliphatic carbocycles. The molecule has 0 unspecified atom stereocenters. The second-order valence-corrected chi connectivity index (χ2v) is 2.75. The smallest absolute Gasteiger partial charge is 0.301 e. The Kier molecular flexibility index (Phi) is 2.50. The van der Waals surface area contributed by atoms with Crippen molar-refractivity contribution in [3.05, 3.63) is 11.8 Å². The summed E-state index contributed by atoms with van der Waals surface area (Å²) in [6.07, 6.45) is -4.88. The standard InChI is InChI=1S/C7H8F3N3O/c1-4-3-5(12-13(4)2)11-6(14)7(8,9)10/h3H,1-2H3,(H,11,12,14). The normalized spacial score (nSPS) is 11.5. The number of rotatable bonds is 1. The fourth-order valence-electron chi connectivity index (χ4n) is 0.809. The Morgan fingerprint density at radius 1 is 1.57 bits per heavy atom. The summed E-state index contributed by atoms with van der Waals surface area (Å²) in [6.45, 7) is 1.66. The molecule has 7 heteroatoms. The maximum Gasteiger partial charge on any atom is 0.471 e. The van der Waals surface area contributed by atoms with Crippen molar-refractivity contribution in [3.63, 3.8) is 0 Å². The molecule has 0 saturated carbocycles. The lowest BCUT2D eigenvalue weighted by atomic mass is 10.4. The van der Waals surface area contributed by atoms with Gasteiger partial charge in [0, 0.05) is 18.8 Å². The number of nitrogens with one attached hydrogen (secondary N) is 1. The Labute approximate surface area is 77.7 Å². The summed E-state index contributed by atoms with van der Waals surface area (Å²) in [4.78, 5) is 10.5. The Bertz CT molecular complexity index is 336. The Morgan fingerprint density at radius 3 is 2.50 bits per heavy atom. The third-order valence-electron chi connectivity index (χ3n) is 1.61. The van der Waals surface area contributed by atoms with E-state index in [-0.39, 0.29) is 5.82 Å². The van der Waals surface area contributed by atoms with Crippen LogP contribution in [-0.4, -0.2) is 21.9 Å². The maximum atomic E-state index is 11.8. The first-order valence-electron chi connectivity index (χ1n) is 3.69. The Hall–Kier alpha value is -1.53. The van der Waals surface area contributed by atoms with Crippen LogP contribution in [0.25, 0.3) is 0 Å². The van der Waals surface area contributed by atoms with Gasteiger partial charge >= 0.3 is 12.1 Å². The van der Waals surface area contributed by atoms with E-state index in [1.54, 1.807) is 19.3 Å². The fraction of sp³-hybridized carbons (Fsp3) is 0.429. The van der Waals surface area contributed by atoms with Gasteiger partial charge in [-0.2, -0.15) is 18.3 Å². The predicted octanol–water partition coefficient (Wildman–Crippen LogP) is 1.23. The largest absolute Gasteiger partial charge is 0.471 e. The number of carbonyl (C=O) groups is 1. The summed E-state index contributed by atoms with van der Waals surface area (Å²) in [5.74, 6) is -2.12. The molecule has 0 aliphatic heterocycles. The van der Waals surface area contributed by atoms with Crippen LogP contribution in [0.2, 0.25) is 0 Å². The fourth-order valence-corrected chi connectivity index (χ4v) is 0.809. The van der Waals surface area contributed by atoms with E-state index in [0.717, 1.165) is 0 Å². The van der Waals surface area contributed by atoms with Crippen LogP contribution in [0.15, 0.2) is 6.07 Å². The van der Waals surface area contributed by atoms with E-state index in [4.69, 9.17) is 0 Å². The second kappa shape index (κ2) is 3.32. The van der Waals surface area contributed by atoms with Gasteiger partial charge in [0.1, 0.15) is 0 Å². The molecule has 0 saturated heterocycles. The van der Waals surface area contributed by atoms with Crippen LogP contribution in [0, 0.1) is 6.92 Å². The lowest BCUT2D eigenvalue weighted by Gasteiger charge is -2.04. The molecular formula is C7H8F3N3O. The minimum absolute atomic E-state index is 0.104. The molecule has 0 bridgehead atoms. The van der Waals surface area contributed by atoms with Crippen molar-refractivity contribution in [1.29, 1.82) is 0 Å². The molecule has 0 atom stereocenters. The molecular weight excluding hydrogens is 199 g/mol. The lowest BCUT2D eigenvalue weighted by molar-refractivity contribution is -0.167. The first kappa shape index (κ1) is 10.6. The minimum atomic E-state index is -4.88. The van der Waals surface area contributed by atoms with E-state index < -0.39 is 12.1 Å². The Balaban J connectivity index is 2.75. The van der Waals surface area contributed by atoms with E-state index >= 15 is 0 Å². The van der Waals surface area contributed by atoms with Gasteiger partial charge in [-0.3, -0.25) is 9.48 Å². The van der Waals surface area contributed by atoms with Gasteiger partial charge in [0.15, 0.2) is 5.82 Å². The zero-order chi connectivity index (χ0) is 10.9. The number of amides is 1. The molecule has 14 heavy (non-hydrogen) atoms. The molecule has 0 spiro atoms. The van der Waals surface area contributed by atoms with Gasteiger partial charge in [-0.25, -0.2) is 0 Å². The Morgan fingerprint density at radius 2 is 2.14 bits per heavy atom. The van der Waals surface area contributed by atoms with Crippen LogP contribution in [0.5, 0.6) is 0 Å². The number of halogens is 3. The molecule has 0 fully saturated rings. The highest BCUT2D eigenvalue weighted by Crippen LogP contribution is 2.17. The van der Waals surface area contributed by atoms with Gasteiger partial charge in [-0.1, -0.05) is 0 Å². The number of carbonyl (C=O) groups excluding carboxylic acids is 1. The van der Waals surface area contributed by atoms with Crippen LogP contribution in [0.4, 0.5) is 19.0 Å². The van der Waals surface area contributed by atoms with Crippen molar-refractivity contribution < 1.29 is 18.0 Å². The molecule has 0 aliphatic rings. The first-order chi connectivity index (χ1) is 6.30. The van der Waals surface area contributed by atoms with E-state index in [9.17, 15) is 18.0 Å². The van der Waals surface area contributed by atoms with Crippen molar-refractivity contribution in [3.8, 4) is 0 Å². The van der Waals surface area contributed by atoms with Crippen LogP contribution < -0.4 is 5.32 Å². The second-order valence-electron chi connectivity index (χ2n) is 2.75. The minimum Gasteiger partial charge on any atom is -0.301 e. The van der Waals surface area contributed by atoms with Gasteiger partial charge in [0.05, 0.1) is 0 Å². The SMILES string of the molecule is Cc1cc(NC(=O)C(F)(F)F)nn1C. The van der Waals surface area contributed by atoms with Crippen molar-refractivity contribution in [2.75, 3.05) is 5.32 Å². The first-order valence-corrected chi connectivity index (χ1v) is 3.69. The maximum absolute atomic E-state index is 11.8. The average Bonchev–Trinajstić information content (AvgIpc) is 2.29. The van der Waals surface area contributed by atoms with Crippen molar-refractivity contribution in [1.82, 2.24) is 9.78 Å². The molecule has 1 aromatic heterocycles. The predicted molar refractivity (Wildman–Crippen MR) is 42.6 cm³/mol. The third-order valence-corrected chi connectivity index (χ3v) is 1.61. The summed E-state index contributed by atoms with van der Waals surface area (Å²) in [5.41, 5.74) is 0.655. The molecule has 0 radical (unpaired) electrons. The number of aromatic nitrogens is 2. The highest BCUT2D eigenvalue weighted by molar-refractivity contribution is 5.94. The summed E-state index contributed by atoms with van der Waals surface area (Å²) in [5, 5.41) is 5.30. The van der Waals surface area contributed by atoms with Crippen molar-refractivity contribution in [2.24, 2.45) is 7.05 Å². The number of aryl methyl sites for hydroxylation is 2. The molecule has 1 amide bonds. The number of hydrogen-bond acceptors (Lipinski definition) is 2. The molecule has 1 aromatic rings. The number of alkyl halides is 3. The van der Waals surface area contributed by atoms with E-state index in [1.165, 1.54) is 10.7 Å². The van der Waals surface area contributed by atoms with Gasteiger partial charge in [0.25, 0.3) is 0 Å². The van der Waals surface area contributed by atoms with Crippen molar-refractivity contribution >= 4 is 11.7 Å². The number of anilines is 1. The van der Waals surface area contributed by atoms with Crippen LogP contribution in [0.1, 0.15) is 5.69 Å². The molecule has 1 rings (SSSR count). The lowest BCUT2D eigenvalue weighted by Crippen LogP contribution is -2.30. The zero-order valence-electron chi connectivity index (χ0n) is 7.51. The number of hydrogen-bond donors (Lipinski definition) is 1. The molecule has 4 nitrogen and oxygen atoms in total. The van der Waals surface area contributed by atoms with Gasteiger partial charge < -0.3 is 5.32 Å². The summed E-state index contributed by atoms with van der Waals surface area (Å²) >= 11 is 0. The van der Waals surface area contributed by atoms with Crippen LogP contribution >= 0.6 is 0 Å². The van der Waals surface area contributed by atoms with Crippen molar-refractivity contribution in [2.45, 2.75) is 13.1 Å².